The van der Waals surface area contributed by atoms with Gasteiger partial charge in [0.25, 0.3) is 11.6 Å². The van der Waals surface area contributed by atoms with E-state index in [0.29, 0.717) is 17.9 Å². The maximum atomic E-state index is 12.0. The lowest BCUT2D eigenvalue weighted by atomic mass is 10.2. The van der Waals surface area contributed by atoms with Crippen molar-refractivity contribution < 1.29 is 24.4 Å². The fraction of sp³-hybridized carbons (Fsp3) is 0.125. The standard InChI is InChI=1S/C21H17N3O5.C3H7NO/c25-20-12-19(29-14-15-4-2-1-3-5-15)11-8-17(20)13-22-23-21(26)16-6-9-18(10-7-16)24(27)28;1-4(2)3-5/h1-13,25H,14H2,(H,23,26);3H,1-2H3/b22-13+;. The van der Waals surface area contributed by atoms with Gasteiger partial charge in [0, 0.05) is 43.4 Å². The SMILES string of the molecule is CN(C)C=O.O=C(N/N=C/c1ccc(OCc2ccccc2)cc1O)c1ccc([N+](=O)[O-])cc1. The van der Waals surface area contributed by atoms with Crippen LogP contribution in [0.15, 0.2) is 77.9 Å². The van der Waals surface area contributed by atoms with E-state index in [2.05, 4.69) is 10.5 Å². The van der Waals surface area contributed by atoms with Crippen molar-refractivity contribution in [1.29, 1.82) is 0 Å². The molecule has 10 nitrogen and oxygen atoms in total. The Morgan fingerprint density at radius 1 is 1.12 bits per heavy atom. The number of hydrogen-bond acceptors (Lipinski definition) is 7. The number of hydrazone groups is 1. The Kier molecular flexibility index (Phi) is 9.73. The Balaban J connectivity index is 0.000000739. The zero-order valence-corrected chi connectivity index (χ0v) is 18.6. The molecule has 0 fully saturated rings. The number of carbonyl (C=O) groups is 2. The van der Waals surface area contributed by atoms with Crippen LogP contribution in [0.2, 0.25) is 0 Å². The lowest BCUT2D eigenvalue weighted by Gasteiger charge is -2.07. The number of amides is 2. The van der Waals surface area contributed by atoms with Crippen LogP contribution in [0.3, 0.4) is 0 Å². The van der Waals surface area contributed by atoms with Crippen molar-refractivity contribution in [2.24, 2.45) is 5.10 Å². The van der Waals surface area contributed by atoms with Gasteiger partial charge in [-0.25, -0.2) is 5.43 Å². The molecule has 3 aromatic rings. The second kappa shape index (κ2) is 13.0. The molecule has 0 radical (unpaired) electrons. The average molecular weight is 464 g/mol. The summed E-state index contributed by atoms with van der Waals surface area (Å²) in [4.78, 5) is 33.0. The quantitative estimate of drug-likeness (QED) is 0.227. The molecule has 0 unspecified atom stereocenters. The van der Waals surface area contributed by atoms with E-state index in [1.54, 1.807) is 26.2 Å². The number of nitrogens with zero attached hydrogens (tertiary/aromatic N) is 3. The van der Waals surface area contributed by atoms with Crippen LogP contribution in [0, 0.1) is 10.1 Å². The first kappa shape index (κ1) is 25.5. The molecule has 0 bridgehead atoms. The third kappa shape index (κ3) is 8.42. The predicted octanol–water partition coefficient (Wildman–Crippen LogP) is 3.35. The topological polar surface area (TPSA) is 134 Å². The largest absolute Gasteiger partial charge is 0.507 e. The number of phenolic OH excluding ortho intramolecular Hbond substituents is 1. The van der Waals surface area contributed by atoms with E-state index in [1.807, 2.05) is 30.3 Å². The van der Waals surface area contributed by atoms with Crippen LogP contribution < -0.4 is 10.2 Å². The Morgan fingerprint density at radius 3 is 2.32 bits per heavy atom. The number of ether oxygens (including phenoxy) is 1. The molecule has 0 aliphatic rings. The van der Waals surface area contributed by atoms with Gasteiger partial charge < -0.3 is 14.7 Å². The summed E-state index contributed by atoms with van der Waals surface area (Å²) in [6, 6.07) is 19.5. The highest BCUT2D eigenvalue weighted by Gasteiger charge is 2.09. The number of carbonyl (C=O) groups excluding carboxylic acids is 2. The molecule has 2 N–H and O–H groups in total. The number of non-ortho nitro benzene ring substituents is 1. The van der Waals surface area contributed by atoms with E-state index in [9.17, 15) is 24.8 Å². The summed E-state index contributed by atoms with van der Waals surface area (Å²) in [6.07, 6.45) is 2.04. The van der Waals surface area contributed by atoms with E-state index >= 15 is 0 Å². The smallest absolute Gasteiger partial charge is 0.271 e. The fourth-order valence-electron chi connectivity index (χ4n) is 2.42. The lowest BCUT2D eigenvalue weighted by molar-refractivity contribution is -0.384. The van der Waals surface area contributed by atoms with Gasteiger partial charge in [-0.15, -0.1) is 0 Å². The molecule has 0 heterocycles. The van der Waals surface area contributed by atoms with Crippen LogP contribution >= 0.6 is 0 Å². The van der Waals surface area contributed by atoms with Crippen molar-refractivity contribution in [2.45, 2.75) is 6.61 Å². The molecule has 2 amide bonds. The predicted molar refractivity (Wildman–Crippen MR) is 127 cm³/mol. The van der Waals surface area contributed by atoms with E-state index in [-0.39, 0.29) is 17.0 Å². The Hall–Kier alpha value is -4.73. The van der Waals surface area contributed by atoms with Crippen molar-refractivity contribution in [3.05, 3.63) is 99.6 Å². The number of benzene rings is 3. The van der Waals surface area contributed by atoms with Gasteiger partial charge in [0.2, 0.25) is 6.41 Å². The van der Waals surface area contributed by atoms with Gasteiger partial charge in [-0.1, -0.05) is 30.3 Å². The van der Waals surface area contributed by atoms with Crippen molar-refractivity contribution in [3.8, 4) is 11.5 Å². The summed E-state index contributed by atoms with van der Waals surface area (Å²) in [7, 11) is 3.38. The second-order valence-electron chi connectivity index (χ2n) is 7.07. The van der Waals surface area contributed by atoms with Gasteiger partial charge in [-0.05, 0) is 29.8 Å². The third-order valence-electron chi connectivity index (χ3n) is 4.17. The molecule has 0 spiro atoms. The number of hydrogen-bond donors (Lipinski definition) is 2. The number of aromatic hydroxyl groups is 1. The van der Waals surface area contributed by atoms with Gasteiger partial charge in [0.15, 0.2) is 0 Å². The molecule has 0 atom stereocenters. The van der Waals surface area contributed by atoms with Crippen LogP contribution in [0.1, 0.15) is 21.5 Å². The van der Waals surface area contributed by atoms with E-state index < -0.39 is 10.8 Å². The third-order valence-corrected chi connectivity index (χ3v) is 4.17. The molecule has 0 aliphatic heterocycles. The summed E-state index contributed by atoms with van der Waals surface area (Å²) in [5, 5.41) is 24.5. The zero-order chi connectivity index (χ0) is 24.9. The Bertz CT molecular complexity index is 1130. The van der Waals surface area contributed by atoms with E-state index in [4.69, 9.17) is 4.74 Å². The molecule has 0 saturated heterocycles. The van der Waals surface area contributed by atoms with Crippen LogP contribution in [-0.4, -0.2) is 47.6 Å². The van der Waals surface area contributed by atoms with Gasteiger partial charge in [-0.2, -0.15) is 5.10 Å². The molecule has 3 aromatic carbocycles. The second-order valence-corrected chi connectivity index (χ2v) is 7.07. The number of nitrogens with one attached hydrogen (secondary N) is 1. The maximum absolute atomic E-state index is 12.0. The van der Waals surface area contributed by atoms with Crippen molar-refractivity contribution in [3.63, 3.8) is 0 Å². The first-order valence-corrected chi connectivity index (χ1v) is 9.99. The monoisotopic (exact) mass is 464 g/mol. The van der Waals surface area contributed by atoms with Gasteiger partial charge in [-0.3, -0.25) is 19.7 Å². The fourth-order valence-corrected chi connectivity index (χ4v) is 2.42. The number of phenols is 1. The summed E-state index contributed by atoms with van der Waals surface area (Å²) >= 11 is 0. The van der Waals surface area contributed by atoms with Crippen LogP contribution in [0.25, 0.3) is 0 Å². The van der Waals surface area contributed by atoms with Crippen molar-refractivity contribution in [2.75, 3.05) is 14.1 Å². The van der Waals surface area contributed by atoms with Crippen LogP contribution in [0.5, 0.6) is 11.5 Å². The summed E-state index contributed by atoms with van der Waals surface area (Å²) < 4.78 is 5.63. The first-order chi connectivity index (χ1) is 16.3. The van der Waals surface area contributed by atoms with Crippen LogP contribution in [0.4, 0.5) is 5.69 Å². The number of nitro groups is 1. The lowest BCUT2D eigenvalue weighted by Crippen LogP contribution is -2.17. The molecular weight excluding hydrogens is 440 g/mol. The van der Waals surface area contributed by atoms with Crippen molar-refractivity contribution >= 4 is 24.2 Å². The highest BCUT2D eigenvalue weighted by atomic mass is 16.6. The molecule has 0 aromatic heterocycles. The van der Waals surface area contributed by atoms with Gasteiger partial charge >= 0.3 is 0 Å². The van der Waals surface area contributed by atoms with Crippen molar-refractivity contribution in [1.82, 2.24) is 10.3 Å². The molecular formula is C24H24N4O6. The molecule has 0 aliphatic carbocycles. The zero-order valence-electron chi connectivity index (χ0n) is 18.6. The molecule has 176 valence electrons. The Labute approximate surface area is 196 Å². The molecule has 0 saturated carbocycles. The first-order valence-electron chi connectivity index (χ1n) is 9.99. The van der Waals surface area contributed by atoms with Gasteiger partial charge in [0.05, 0.1) is 11.1 Å². The number of nitro benzene ring substituents is 1. The summed E-state index contributed by atoms with van der Waals surface area (Å²) in [5.74, 6) is -0.0826. The molecule has 34 heavy (non-hydrogen) atoms. The van der Waals surface area contributed by atoms with E-state index in [1.165, 1.54) is 41.4 Å². The molecule has 10 heteroatoms. The average Bonchev–Trinajstić information content (AvgIpc) is 2.85. The maximum Gasteiger partial charge on any atom is 0.271 e. The summed E-state index contributed by atoms with van der Waals surface area (Å²) in [5.41, 5.74) is 3.82. The number of rotatable bonds is 8. The van der Waals surface area contributed by atoms with Gasteiger partial charge in [0.1, 0.15) is 18.1 Å². The highest BCUT2D eigenvalue weighted by Crippen LogP contribution is 2.23. The highest BCUT2D eigenvalue weighted by molar-refractivity contribution is 5.95. The minimum atomic E-state index is -0.546. The van der Waals surface area contributed by atoms with E-state index in [0.717, 1.165) is 12.0 Å². The van der Waals surface area contributed by atoms with Crippen LogP contribution in [-0.2, 0) is 11.4 Å². The Morgan fingerprint density at radius 2 is 1.76 bits per heavy atom. The summed E-state index contributed by atoms with van der Waals surface area (Å²) in [6.45, 7) is 0.374. The normalized spacial score (nSPS) is 10.1. The minimum Gasteiger partial charge on any atom is -0.507 e. The minimum absolute atomic E-state index is 0.0519. The molecule has 3 rings (SSSR count).